The molecular formula is C99H26. The van der Waals surface area contributed by atoms with Crippen LogP contribution in [0.15, 0.2) is 109 Å². The molecule has 0 nitrogen and oxygen atoms in total. The average molecular weight is 1220 g/mol. The third-order valence-corrected chi connectivity index (χ3v) is 33.0. The zero-order valence-corrected chi connectivity index (χ0v) is 51.8. The first-order chi connectivity index (χ1) is 49.2. The summed E-state index contributed by atoms with van der Waals surface area (Å²) in [5.74, 6) is 0.553. The third kappa shape index (κ3) is 2.74. The van der Waals surface area contributed by atoms with Crippen LogP contribution < -0.4 is 0 Å². The van der Waals surface area contributed by atoms with Gasteiger partial charge in [-0.25, -0.2) is 0 Å². The van der Waals surface area contributed by atoms with E-state index in [4.69, 9.17) is 0 Å². The molecule has 0 spiro atoms. The minimum atomic E-state index is 0.109. The lowest BCUT2D eigenvalue weighted by Gasteiger charge is -2.48. The van der Waals surface area contributed by atoms with Crippen LogP contribution in [0, 0.1) is 17.4 Å². The summed E-state index contributed by atoms with van der Waals surface area (Å²) in [4.78, 5) is 0. The molecule has 0 heterocycles. The maximum absolute atomic E-state index is 2.81. The van der Waals surface area contributed by atoms with Crippen LogP contribution in [-0.2, 0) is 0 Å². The summed E-state index contributed by atoms with van der Waals surface area (Å²) in [7, 11) is 0. The first-order valence-electron chi connectivity index (χ1n) is 36.8. The molecule has 0 aromatic heterocycles. The van der Waals surface area contributed by atoms with Crippen molar-refractivity contribution in [3.8, 4) is 0 Å². The van der Waals surface area contributed by atoms with Gasteiger partial charge in [0.1, 0.15) is 0 Å². The van der Waals surface area contributed by atoms with Crippen molar-refractivity contribution in [3.63, 3.8) is 0 Å². The van der Waals surface area contributed by atoms with E-state index in [-0.39, 0.29) is 23.7 Å². The van der Waals surface area contributed by atoms with E-state index in [0.29, 0.717) is 0 Å². The van der Waals surface area contributed by atoms with Crippen LogP contribution in [0.5, 0.6) is 0 Å². The molecule has 0 aliphatic heterocycles. The van der Waals surface area contributed by atoms with Crippen LogP contribution in [0.3, 0.4) is 0 Å². The van der Waals surface area contributed by atoms with Crippen LogP contribution in [0.2, 0.25) is 0 Å². The smallest absolute Gasteiger partial charge is 0.0225 e. The molecule has 4 atom stereocenters. The van der Waals surface area contributed by atoms with Crippen molar-refractivity contribution >= 4 is 351 Å². The summed E-state index contributed by atoms with van der Waals surface area (Å²) in [5.41, 5.74) is 14.5. The van der Waals surface area contributed by atoms with Crippen LogP contribution in [0.1, 0.15) is 73.7 Å². The summed E-state index contributed by atoms with van der Waals surface area (Å²) in [6, 6.07) is 45.5. The van der Waals surface area contributed by atoms with Crippen LogP contribution in [0.25, 0.3) is 351 Å². The lowest BCUT2D eigenvalue weighted by molar-refractivity contribution is 0.704. The van der Waals surface area contributed by atoms with Gasteiger partial charge in [0.05, 0.1) is 0 Å². The SMILES string of the molecule is Cc1c2ccc3c4c5c6c7c8c9c%10c(c%11ccc%12c%13c%11c9c9c%11c%14c%15c%16c%17c%18c(c%19c=%12ccc%12cc%20c1c1c(c24)c2c5c4c7c5c7c%21ccc%22c%23ccc%24c%25ccc%26c%27ccc(c%28ccc%21c(c%28%14)c5c%118)c%15c%27c%17c5c%26c%25c8c%11c%24c%23c(c4c%227)c2c%11c1c1c%20c(c%12%19)c%18c5c81)C%13C9%16)C=CC3C%106. The number of hydrogen-bond donors (Lipinski definition) is 0. The van der Waals surface area contributed by atoms with E-state index >= 15 is 0 Å². The van der Waals surface area contributed by atoms with Crippen molar-refractivity contribution < 1.29 is 0 Å². The van der Waals surface area contributed by atoms with Crippen molar-refractivity contribution in [2.45, 2.75) is 30.6 Å². The Balaban J connectivity index is 1.08. The second-order valence-corrected chi connectivity index (χ2v) is 34.5. The molecule has 0 heteroatoms. The van der Waals surface area contributed by atoms with Crippen molar-refractivity contribution in [1.82, 2.24) is 0 Å². The van der Waals surface area contributed by atoms with Crippen molar-refractivity contribution in [2.75, 3.05) is 0 Å². The molecule has 0 saturated carbocycles. The van der Waals surface area contributed by atoms with E-state index in [1.54, 1.807) is 249 Å². The van der Waals surface area contributed by atoms with Gasteiger partial charge in [0.15, 0.2) is 0 Å². The summed E-state index contributed by atoms with van der Waals surface area (Å²) in [6.07, 6.45) is 5.50. The minimum absolute atomic E-state index is 0.109. The Morgan fingerprint density at radius 2 is 0.505 bits per heavy atom. The van der Waals surface area contributed by atoms with E-state index < -0.39 is 0 Å². The number of rotatable bonds is 0. The molecule has 7 aliphatic rings. The molecule has 32 aromatic rings. The Labute approximate surface area is 547 Å². The topological polar surface area (TPSA) is 0 Å². The van der Waals surface area contributed by atoms with Gasteiger partial charge in [0, 0.05) is 23.7 Å². The number of hydrogen-bond acceptors (Lipinski definition) is 0. The molecule has 0 bridgehead atoms. The highest BCUT2D eigenvalue weighted by Gasteiger charge is 2.54. The predicted octanol–water partition coefficient (Wildman–Crippen LogP) is 27.2. The summed E-state index contributed by atoms with van der Waals surface area (Å²) >= 11 is 0. The fourth-order valence-corrected chi connectivity index (χ4v) is 31.4. The molecule has 7 aliphatic carbocycles. The molecule has 0 fully saturated rings. The monoisotopic (exact) mass is 1210 g/mol. The zero-order chi connectivity index (χ0) is 60.0. The lowest BCUT2D eigenvalue weighted by Crippen LogP contribution is -2.29. The Morgan fingerprint density at radius 3 is 1.03 bits per heavy atom. The van der Waals surface area contributed by atoms with Gasteiger partial charge in [0.2, 0.25) is 0 Å². The maximum atomic E-state index is 2.81. The van der Waals surface area contributed by atoms with E-state index in [9.17, 15) is 0 Å². The van der Waals surface area contributed by atoms with E-state index in [1.165, 1.54) is 156 Å². The van der Waals surface area contributed by atoms with Crippen LogP contribution in [-0.4, -0.2) is 0 Å². The fraction of sp³-hybridized carbons (Fsp3) is 0.0505. The normalized spacial score (nSPS) is 19.7. The quantitative estimate of drug-likeness (QED) is 0.105. The van der Waals surface area contributed by atoms with Gasteiger partial charge >= 0.3 is 0 Å². The summed E-state index contributed by atoms with van der Waals surface area (Å²) in [6.45, 7) is 2.60. The molecule has 39 rings (SSSR count). The molecule has 4 unspecified atom stereocenters. The molecule has 422 valence electrons. The summed E-state index contributed by atoms with van der Waals surface area (Å²) in [5, 5.41) is 102. The minimum Gasteiger partial charge on any atom is -0.0754 e. The second kappa shape index (κ2) is 10.4. The van der Waals surface area contributed by atoms with Gasteiger partial charge < -0.3 is 0 Å². The second-order valence-electron chi connectivity index (χ2n) is 34.5. The number of aryl methyl sites for hydroxylation is 1. The van der Waals surface area contributed by atoms with Gasteiger partial charge in [-0.3, -0.25) is 0 Å². The van der Waals surface area contributed by atoms with Crippen molar-refractivity contribution in [1.29, 1.82) is 0 Å². The highest BCUT2D eigenvalue weighted by molar-refractivity contribution is 6.73. The number of benzene rings is 32. The highest BCUT2D eigenvalue weighted by atomic mass is 14.6. The third-order valence-electron chi connectivity index (χ3n) is 33.0. The molecule has 32 aromatic carbocycles. The Bertz CT molecular complexity index is 10500. The Hall–Kier alpha value is -12.2. The largest absolute Gasteiger partial charge is 0.0754 e. The number of fused-ring (bicyclic) bond motifs is 8. The average Bonchev–Trinajstić information content (AvgIpc) is 0.603. The van der Waals surface area contributed by atoms with Crippen molar-refractivity contribution in [2.24, 2.45) is 0 Å². The first-order valence-corrected chi connectivity index (χ1v) is 36.8. The number of allylic oxidation sites excluding steroid dienone is 1. The van der Waals surface area contributed by atoms with E-state index in [0.717, 1.165) is 0 Å². The lowest BCUT2D eigenvalue weighted by atomic mass is 9.53. The molecule has 0 amide bonds. The van der Waals surface area contributed by atoms with Crippen molar-refractivity contribution in [3.05, 3.63) is 170 Å². The van der Waals surface area contributed by atoms with E-state index in [2.05, 4.69) is 122 Å². The first kappa shape index (κ1) is 40.4. The maximum Gasteiger partial charge on any atom is 0.0225 e. The highest BCUT2D eigenvalue weighted by Crippen LogP contribution is 2.78. The summed E-state index contributed by atoms with van der Waals surface area (Å²) < 4.78 is 0. The molecule has 0 N–H and O–H groups in total. The Kier molecular flexibility index (Phi) is 4.23. The molecule has 0 saturated heterocycles. The molecule has 0 radical (unpaired) electrons. The molecular weight excluding hydrogens is 1190 g/mol. The van der Waals surface area contributed by atoms with Gasteiger partial charge in [0.25, 0.3) is 0 Å². The molecule has 99 heavy (non-hydrogen) atoms. The van der Waals surface area contributed by atoms with Gasteiger partial charge in [-0.1, -0.05) is 109 Å². The van der Waals surface area contributed by atoms with E-state index in [1.807, 2.05) is 0 Å². The fourth-order valence-electron chi connectivity index (χ4n) is 31.4. The van der Waals surface area contributed by atoms with Crippen LogP contribution >= 0.6 is 0 Å². The Morgan fingerprint density at radius 1 is 0.192 bits per heavy atom. The van der Waals surface area contributed by atoms with Gasteiger partial charge in [-0.05, 0) is 418 Å². The van der Waals surface area contributed by atoms with Crippen LogP contribution in [0.4, 0.5) is 0 Å². The van der Waals surface area contributed by atoms with Gasteiger partial charge in [-0.2, -0.15) is 0 Å². The zero-order valence-electron chi connectivity index (χ0n) is 51.8. The van der Waals surface area contributed by atoms with Gasteiger partial charge in [-0.15, -0.1) is 0 Å². The standard InChI is InChI=1S/C99H26/c1-21-23-4-5-25-27-8-9-32-29-7-6-26-24-3-2-22-20-40-41(21)61-63-43(23)45(25)65-68-48(27)52(32)76-73-49(29)46(26)66-64-44(24)42(22)62-60(40)80-81(61)86-69-51-30-12-13-34-35-16-17-38-39-19-18-37-36-15-14-33-31-11-10-28(30)47-50(31)70-71-54(33)55(36)75-77-58(37)59(39)79-78-57(38)56(35)74-72(53(34)51)90(86)84(63)88(65)93(74)96(78)92(68)97(76)99(79)98(77)95(73)89(66)94(75)91(71)85(64)82(62)87(70)83(80)67(47)69/h2-20,27,48,66,89H,1H3. The predicted molar refractivity (Wildman–Crippen MR) is 421 cm³/mol.